The molecule has 0 fully saturated rings. The summed E-state index contributed by atoms with van der Waals surface area (Å²) in [5.74, 6) is -1.69. The summed E-state index contributed by atoms with van der Waals surface area (Å²) in [4.78, 5) is 26.8. The molecule has 0 saturated carbocycles. The van der Waals surface area contributed by atoms with E-state index < -0.39 is 11.8 Å². The van der Waals surface area contributed by atoms with Crippen molar-refractivity contribution in [1.82, 2.24) is 10.3 Å². The molecular weight excluding hydrogens is 286 g/mol. The molecule has 4 N–H and O–H groups in total. The number of aromatic nitrogens is 1. The number of pyridine rings is 1. The number of hydrogen-bond acceptors (Lipinski definition) is 6. The number of amides is 2. The second-order valence-electron chi connectivity index (χ2n) is 4.37. The van der Waals surface area contributed by atoms with E-state index in [0.29, 0.717) is 0 Å². The fourth-order valence-electron chi connectivity index (χ4n) is 1.65. The smallest absolute Gasteiger partial charge is 0.280 e. The van der Waals surface area contributed by atoms with Crippen molar-refractivity contribution in [2.75, 3.05) is 6.54 Å². The highest BCUT2D eigenvalue weighted by atomic mass is 16.5. The van der Waals surface area contributed by atoms with Crippen LogP contribution < -0.4 is 15.8 Å². The average Bonchev–Trinajstić information content (AvgIpc) is 2.54. The van der Waals surface area contributed by atoms with E-state index in [9.17, 15) is 14.7 Å². The predicted molar refractivity (Wildman–Crippen MR) is 78.2 cm³/mol. The third-order valence-corrected chi connectivity index (χ3v) is 2.73. The van der Waals surface area contributed by atoms with Gasteiger partial charge in [-0.25, -0.2) is 4.98 Å². The lowest BCUT2D eigenvalue weighted by Gasteiger charge is -2.08. The van der Waals surface area contributed by atoms with E-state index in [4.69, 9.17) is 10.5 Å². The molecular formula is C15H15N3O4. The molecule has 2 aromatic rings. The third-order valence-electron chi connectivity index (χ3n) is 2.73. The Labute approximate surface area is 126 Å². The predicted octanol–water partition coefficient (Wildman–Crippen LogP) is 0.581. The molecule has 1 heterocycles. The zero-order chi connectivity index (χ0) is 15.9. The Morgan fingerprint density at radius 2 is 1.91 bits per heavy atom. The molecule has 1 aromatic carbocycles. The molecule has 0 aliphatic carbocycles. The first kappa shape index (κ1) is 15.5. The van der Waals surface area contributed by atoms with Crippen LogP contribution >= 0.6 is 0 Å². The lowest BCUT2D eigenvalue weighted by Crippen LogP contribution is -2.35. The van der Waals surface area contributed by atoms with E-state index in [0.717, 1.165) is 5.56 Å². The van der Waals surface area contributed by atoms with Gasteiger partial charge in [0.1, 0.15) is 12.4 Å². The molecule has 7 heteroatoms. The highest BCUT2D eigenvalue weighted by Gasteiger charge is 2.16. The second-order valence-corrected chi connectivity index (χ2v) is 4.37. The normalized spacial score (nSPS) is 10.0. The van der Waals surface area contributed by atoms with Gasteiger partial charge in [-0.15, -0.1) is 0 Å². The molecule has 7 nitrogen and oxygen atoms in total. The summed E-state index contributed by atoms with van der Waals surface area (Å²) in [5, 5.41) is 11.7. The van der Waals surface area contributed by atoms with Crippen molar-refractivity contribution in [3.63, 3.8) is 0 Å². The standard InChI is InChI=1S/C15H15N3O4/c16-8-12(20)17-15(21)14-11(19)6-7-13(18-14)22-9-10-4-2-1-3-5-10/h1-7,19H,8-9,16H2,(H,17,20,21). The van der Waals surface area contributed by atoms with E-state index >= 15 is 0 Å². The van der Waals surface area contributed by atoms with Crippen molar-refractivity contribution in [2.24, 2.45) is 5.73 Å². The number of nitrogens with zero attached hydrogens (tertiary/aromatic N) is 1. The van der Waals surface area contributed by atoms with Gasteiger partial charge in [-0.1, -0.05) is 30.3 Å². The summed E-state index contributed by atoms with van der Waals surface area (Å²) in [6.07, 6.45) is 0. The molecule has 114 valence electrons. The first-order valence-electron chi connectivity index (χ1n) is 6.51. The van der Waals surface area contributed by atoms with Gasteiger partial charge >= 0.3 is 0 Å². The van der Waals surface area contributed by atoms with E-state index in [1.54, 1.807) is 0 Å². The monoisotopic (exact) mass is 301 g/mol. The number of nitrogens with two attached hydrogens (primary N) is 1. The molecule has 2 amide bonds. The van der Waals surface area contributed by atoms with Crippen molar-refractivity contribution >= 4 is 11.8 Å². The van der Waals surface area contributed by atoms with Crippen LogP contribution in [0.3, 0.4) is 0 Å². The molecule has 0 aliphatic heterocycles. The summed E-state index contributed by atoms with van der Waals surface area (Å²) in [6.45, 7) is -0.0713. The van der Waals surface area contributed by atoms with Crippen molar-refractivity contribution in [3.8, 4) is 11.6 Å². The molecule has 0 atom stereocenters. The number of ether oxygens (including phenoxy) is 1. The molecule has 2 rings (SSSR count). The summed E-state index contributed by atoms with van der Waals surface area (Å²) >= 11 is 0. The molecule has 1 aromatic heterocycles. The molecule has 0 radical (unpaired) electrons. The van der Waals surface area contributed by atoms with Crippen LogP contribution in [-0.2, 0) is 11.4 Å². The number of aromatic hydroxyl groups is 1. The molecule has 0 spiro atoms. The van der Waals surface area contributed by atoms with Crippen LogP contribution in [0.15, 0.2) is 42.5 Å². The molecule has 0 bridgehead atoms. The molecule has 0 aliphatic rings. The van der Waals surface area contributed by atoms with Crippen molar-refractivity contribution < 1.29 is 19.4 Å². The lowest BCUT2D eigenvalue weighted by atomic mass is 10.2. The topological polar surface area (TPSA) is 115 Å². The third kappa shape index (κ3) is 4.03. The van der Waals surface area contributed by atoms with Crippen LogP contribution in [0.25, 0.3) is 0 Å². The number of carbonyl (C=O) groups is 2. The van der Waals surface area contributed by atoms with Gasteiger partial charge < -0.3 is 15.6 Å². The first-order chi connectivity index (χ1) is 10.6. The minimum atomic E-state index is -0.835. The van der Waals surface area contributed by atoms with Crippen LogP contribution in [-0.4, -0.2) is 28.4 Å². The number of imide groups is 1. The minimum Gasteiger partial charge on any atom is -0.505 e. The quantitative estimate of drug-likeness (QED) is 0.744. The summed E-state index contributed by atoms with van der Waals surface area (Å²) in [5.41, 5.74) is 5.74. The van der Waals surface area contributed by atoms with Crippen molar-refractivity contribution in [3.05, 3.63) is 53.7 Å². The Balaban J connectivity index is 2.09. The Morgan fingerprint density at radius 1 is 1.18 bits per heavy atom. The van der Waals surface area contributed by atoms with Crippen LogP contribution in [0.2, 0.25) is 0 Å². The first-order valence-corrected chi connectivity index (χ1v) is 6.51. The Hall–Kier alpha value is -2.93. The van der Waals surface area contributed by atoms with Gasteiger partial charge in [0.05, 0.1) is 6.54 Å². The van der Waals surface area contributed by atoms with Gasteiger partial charge in [-0.3, -0.25) is 14.9 Å². The molecule has 22 heavy (non-hydrogen) atoms. The number of benzene rings is 1. The number of hydrogen-bond donors (Lipinski definition) is 3. The Morgan fingerprint density at radius 3 is 2.59 bits per heavy atom. The van der Waals surface area contributed by atoms with E-state index in [1.807, 2.05) is 35.6 Å². The molecule has 0 saturated heterocycles. The van der Waals surface area contributed by atoms with Crippen molar-refractivity contribution in [2.45, 2.75) is 6.61 Å². The SMILES string of the molecule is NCC(=O)NC(=O)c1nc(OCc2ccccc2)ccc1O. The van der Waals surface area contributed by atoms with E-state index in [1.165, 1.54) is 12.1 Å². The lowest BCUT2D eigenvalue weighted by molar-refractivity contribution is -0.118. The highest BCUT2D eigenvalue weighted by molar-refractivity contribution is 6.05. The fraction of sp³-hybridized carbons (Fsp3) is 0.133. The maximum Gasteiger partial charge on any atom is 0.280 e. The Kier molecular flexibility index (Phi) is 5.05. The zero-order valence-electron chi connectivity index (χ0n) is 11.7. The van der Waals surface area contributed by atoms with Gasteiger partial charge in [-0.2, -0.15) is 0 Å². The highest BCUT2D eigenvalue weighted by Crippen LogP contribution is 2.19. The Bertz CT molecular complexity index is 674. The van der Waals surface area contributed by atoms with Crippen molar-refractivity contribution in [1.29, 1.82) is 0 Å². The number of rotatable bonds is 5. The largest absolute Gasteiger partial charge is 0.505 e. The van der Waals surface area contributed by atoms with Gasteiger partial charge in [0, 0.05) is 6.07 Å². The van der Waals surface area contributed by atoms with E-state index in [-0.39, 0.29) is 30.5 Å². The van der Waals surface area contributed by atoms with Gasteiger partial charge in [-0.05, 0) is 11.6 Å². The minimum absolute atomic E-state index is 0.159. The van der Waals surface area contributed by atoms with Crippen LogP contribution in [0, 0.1) is 0 Å². The second kappa shape index (κ2) is 7.19. The summed E-state index contributed by atoms with van der Waals surface area (Å²) < 4.78 is 5.46. The summed E-state index contributed by atoms with van der Waals surface area (Å²) in [6, 6.07) is 12.1. The van der Waals surface area contributed by atoms with E-state index in [2.05, 4.69) is 4.98 Å². The van der Waals surface area contributed by atoms with Gasteiger partial charge in [0.25, 0.3) is 5.91 Å². The molecule has 0 unspecified atom stereocenters. The number of carbonyl (C=O) groups excluding carboxylic acids is 2. The van der Waals surface area contributed by atoms with Gasteiger partial charge in [0.2, 0.25) is 11.8 Å². The fourth-order valence-corrected chi connectivity index (χ4v) is 1.65. The van der Waals surface area contributed by atoms with Crippen LogP contribution in [0.4, 0.5) is 0 Å². The van der Waals surface area contributed by atoms with Gasteiger partial charge in [0.15, 0.2) is 5.69 Å². The average molecular weight is 301 g/mol. The maximum absolute atomic E-state index is 11.8. The van der Waals surface area contributed by atoms with Crippen LogP contribution in [0.1, 0.15) is 16.1 Å². The number of nitrogens with one attached hydrogen (secondary N) is 1. The zero-order valence-corrected chi connectivity index (χ0v) is 11.7. The van der Waals surface area contributed by atoms with Crippen LogP contribution in [0.5, 0.6) is 11.6 Å². The maximum atomic E-state index is 11.8. The summed E-state index contributed by atoms with van der Waals surface area (Å²) in [7, 11) is 0.